The lowest BCUT2D eigenvalue weighted by Crippen LogP contribution is -2.37. The Morgan fingerprint density at radius 3 is 2.33 bits per heavy atom. The van der Waals surface area contributed by atoms with Crippen LogP contribution in [-0.4, -0.2) is 36.4 Å². The molecule has 0 aliphatic rings. The van der Waals surface area contributed by atoms with E-state index >= 15 is 0 Å². The number of hydrogen-bond donors (Lipinski definition) is 2. The first-order chi connectivity index (χ1) is 8.47. The predicted octanol–water partition coefficient (Wildman–Crippen LogP) is 1.24. The number of esters is 2. The number of rotatable bonds is 8. The molecule has 0 aliphatic heterocycles. The van der Waals surface area contributed by atoms with Crippen LogP contribution in [0.2, 0.25) is 0 Å². The van der Waals surface area contributed by atoms with Crippen molar-refractivity contribution in [1.82, 2.24) is 4.90 Å². The molecule has 0 aromatic carbocycles. The number of nitrogens with two attached hydrogens (primary N) is 1. The van der Waals surface area contributed by atoms with E-state index in [1.807, 2.05) is 0 Å². The van der Waals surface area contributed by atoms with Gasteiger partial charge in [-0.3, -0.25) is 10.2 Å². The molecule has 0 aromatic rings. The van der Waals surface area contributed by atoms with Crippen molar-refractivity contribution >= 4 is 17.9 Å². The van der Waals surface area contributed by atoms with Crippen LogP contribution in [0.5, 0.6) is 0 Å². The first-order valence-corrected chi connectivity index (χ1v) is 6.26. The molecule has 0 aliphatic carbocycles. The van der Waals surface area contributed by atoms with Gasteiger partial charge in [-0.1, -0.05) is 32.6 Å². The first kappa shape index (κ1) is 16.4. The highest BCUT2D eigenvalue weighted by molar-refractivity contribution is 5.88. The fourth-order valence-corrected chi connectivity index (χ4v) is 1.36. The molecular weight excluding hydrogens is 234 g/mol. The van der Waals surface area contributed by atoms with Gasteiger partial charge in [-0.2, -0.15) is 0 Å². The van der Waals surface area contributed by atoms with Gasteiger partial charge >= 0.3 is 11.9 Å². The largest absolute Gasteiger partial charge is 0.392 e. The summed E-state index contributed by atoms with van der Waals surface area (Å²) >= 11 is 0. The van der Waals surface area contributed by atoms with E-state index in [1.54, 1.807) is 0 Å². The number of nitrogens with one attached hydrogen (secondary N) is 1. The van der Waals surface area contributed by atoms with Gasteiger partial charge in [0.05, 0.1) is 0 Å². The van der Waals surface area contributed by atoms with Gasteiger partial charge in [-0.05, 0) is 6.42 Å². The monoisotopic (exact) mass is 257 g/mol. The van der Waals surface area contributed by atoms with Gasteiger partial charge in [0, 0.05) is 13.5 Å². The summed E-state index contributed by atoms with van der Waals surface area (Å²) in [6, 6.07) is 0. The first-order valence-electron chi connectivity index (χ1n) is 6.26. The SMILES string of the molecule is CCCCCCCC(=O)OC(=O)CN(C)C(=N)N. The summed E-state index contributed by atoms with van der Waals surface area (Å²) in [6.45, 7) is 1.94. The third-order valence-electron chi connectivity index (χ3n) is 2.49. The fraction of sp³-hybridized carbons (Fsp3) is 0.750. The van der Waals surface area contributed by atoms with Crippen molar-refractivity contribution < 1.29 is 14.3 Å². The van der Waals surface area contributed by atoms with Gasteiger partial charge in [0.2, 0.25) is 0 Å². The maximum absolute atomic E-state index is 11.3. The molecule has 0 radical (unpaired) electrons. The molecule has 0 saturated heterocycles. The lowest BCUT2D eigenvalue weighted by Gasteiger charge is -2.14. The summed E-state index contributed by atoms with van der Waals surface area (Å²) in [7, 11) is 1.48. The van der Waals surface area contributed by atoms with Crippen molar-refractivity contribution in [3.8, 4) is 0 Å². The third-order valence-corrected chi connectivity index (χ3v) is 2.49. The van der Waals surface area contributed by atoms with E-state index in [-0.39, 0.29) is 18.9 Å². The Hall–Kier alpha value is -1.59. The molecular formula is C12H23N3O3. The van der Waals surface area contributed by atoms with Crippen LogP contribution >= 0.6 is 0 Å². The van der Waals surface area contributed by atoms with Gasteiger partial charge < -0.3 is 15.4 Å². The van der Waals surface area contributed by atoms with E-state index in [4.69, 9.17) is 11.1 Å². The Balaban J connectivity index is 3.68. The average Bonchev–Trinajstić information content (AvgIpc) is 2.28. The highest BCUT2D eigenvalue weighted by Crippen LogP contribution is 2.05. The van der Waals surface area contributed by atoms with Crippen molar-refractivity contribution in [3.05, 3.63) is 0 Å². The molecule has 6 heteroatoms. The molecule has 0 heterocycles. The maximum Gasteiger partial charge on any atom is 0.333 e. The van der Waals surface area contributed by atoms with Crippen molar-refractivity contribution in [3.63, 3.8) is 0 Å². The minimum Gasteiger partial charge on any atom is -0.392 e. The van der Waals surface area contributed by atoms with Crippen LogP contribution in [0.15, 0.2) is 0 Å². The van der Waals surface area contributed by atoms with E-state index < -0.39 is 11.9 Å². The van der Waals surface area contributed by atoms with Crippen LogP contribution in [0.4, 0.5) is 0 Å². The lowest BCUT2D eigenvalue weighted by atomic mass is 10.1. The van der Waals surface area contributed by atoms with Crippen LogP contribution in [0.25, 0.3) is 0 Å². The number of unbranched alkanes of at least 4 members (excludes halogenated alkanes) is 4. The number of carbonyl (C=O) groups is 2. The van der Waals surface area contributed by atoms with Crippen LogP contribution < -0.4 is 5.73 Å². The second kappa shape index (κ2) is 9.44. The number of ether oxygens (including phenoxy) is 1. The van der Waals surface area contributed by atoms with E-state index in [9.17, 15) is 9.59 Å². The zero-order valence-corrected chi connectivity index (χ0v) is 11.2. The molecule has 104 valence electrons. The number of guanidine groups is 1. The smallest absolute Gasteiger partial charge is 0.333 e. The van der Waals surface area contributed by atoms with E-state index in [0.717, 1.165) is 32.1 Å². The predicted molar refractivity (Wildman–Crippen MR) is 69.0 cm³/mol. The molecule has 0 rings (SSSR count). The zero-order chi connectivity index (χ0) is 14.0. The van der Waals surface area contributed by atoms with Crippen molar-refractivity contribution in [1.29, 1.82) is 5.41 Å². The highest BCUT2D eigenvalue weighted by Gasteiger charge is 2.13. The topological polar surface area (TPSA) is 96.5 Å². The Morgan fingerprint density at radius 1 is 1.17 bits per heavy atom. The Kier molecular flexibility index (Phi) is 8.61. The van der Waals surface area contributed by atoms with Crippen LogP contribution in [0.1, 0.15) is 45.4 Å². The average molecular weight is 257 g/mol. The van der Waals surface area contributed by atoms with E-state index in [1.165, 1.54) is 11.9 Å². The van der Waals surface area contributed by atoms with Crippen molar-refractivity contribution in [2.45, 2.75) is 45.4 Å². The Labute approximate surface area is 108 Å². The molecule has 0 amide bonds. The highest BCUT2D eigenvalue weighted by atomic mass is 16.6. The molecule has 3 N–H and O–H groups in total. The molecule has 0 bridgehead atoms. The molecule has 6 nitrogen and oxygen atoms in total. The third kappa shape index (κ3) is 8.55. The Morgan fingerprint density at radius 2 is 1.78 bits per heavy atom. The molecule has 18 heavy (non-hydrogen) atoms. The Bertz CT molecular complexity index is 292. The fourth-order valence-electron chi connectivity index (χ4n) is 1.36. The summed E-state index contributed by atoms with van der Waals surface area (Å²) in [6.07, 6.45) is 5.40. The zero-order valence-electron chi connectivity index (χ0n) is 11.2. The normalized spacial score (nSPS) is 9.89. The molecule has 0 atom stereocenters. The van der Waals surface area contributed by atoms with Crippen molar-refractivity contribution in [2.24, 2.45) is 5.73 Å². The van der Waals surface area contributed by atoms with Crippen LogP contribution in [0, 0.1) is 5.41 Å². The van der Waals surface area contributed by atoms with Crippen molar-refractivity contribution in [2.75, 3.05) is 13.6 Å². The molecule has 0 saturated carbocycles. The lowest BCUT2D eigenvalue weighted by molar-refractivity contribution is -0.159. The molecule has 0 aromatic heterocycles. The summed E-state index contributed by atoms with van der Waals surface area (Å²) in [4.78, 5) is 23.8. The van der Waals surface area contributed by atoms with Crippen LogP contribution in [0.3, 0.4) is 0 Å². The second-order valence-corrected chi connectivity index (χ2v) is 4.25. The van der Waals surface area contributed by atoms with Gasteiger partial charge in [0.25, 0.3) is 0 Å². The standard InChI is InChI=1S/C12H23N3O3/c1-3-4-5-6-7-8-10(16)18-11(17)9-15(2)12(13)14/h3-9H2,1-2H3,(H3,13,14). The summed E-state index contributed by atoms with van der Waals surface area (Å²) in [5.41, 5.74) is 5.16. The van der Waals surface area contributed by atoms with E-state index in [0.29, 0.717) is 0 Å². The maximum atomic E-state index is 11.3. The number of likely N-dealkylation sites (N-methyl/N-ethyl adjacent to an activating group) is 1. The number of nitrogens with zero attached hydrogens (tertiary/aromatic N) is 1. The second-order valence-electron chi connectivity index (χ2n) is 4.25. The molecule has 0 spiro atoms. The van der Waals surface area contributed by atoms with Gasteiger partial charge in [-0.15, -0.1) is 0 Å². The molecule has 0 fully saturated rings. The van der Waals surface area contributed by atoms with E-state index in [2.05, 4.69) is 11.7 Å². The minimum absolute atomic E-state index is 0.184. The summed E-state index contributed by atoms with van der Waals surface area (Å²) in [5.74, 6) is -1.42. The van der Waals surface area contributed by atoms with Crippen LogP contribution in [-0.2, 0) is 14.3 Å². The molecule has 0 unspecified atom stereocenters. The number of hydrogen-bond acceptors (Lipinski definition) is 4. The minimum atomic E-state index is -0.675. The van der Waals surface area contributed by atoms with Gasteiger partial charge in [-0.25, -0.2) is 4.79 Å². The number of carbonyl (C=O) groups excluding carboxylic acids is 2. The summed E-state index contributed by atoms with van der Waals surface area (Å²) < 4.78 is 4.61. The summed E-state index contributed by atoms with van der Waals surface area (Å²) in [5, 5.41) is 7.06. The quantitative estimate of drug-likeness (QED) is 0.224. The van der Waals surface area contributed by atoms with Gasteiger partial charge in [0.15, 0.2) is 5.96 Å². The van der Waals surface area contributed by atoms with Gasteiger partial charge in [0.1, 0.15) is 6.54 Å².